The SMILES string of the molecule is CC1=CC=CC(Br)=CCC1. The summed E-state index contributed by atoms with van der Waals surface area (Å²) in [5.41, 5.74) is 1.45. The second-order valence-corrected chi connectivity index (χ2v) is 3.42. The van der Waals surface area contributed by atoms with E-state index in [1.165, 1.54) is 16.5 Å². The topological polar surface area (TPSA) is 0 Å². The first-order valence-corrected chi connectivity index (χ1v) is 4.28. The first kappa shape index (κ1) is 7.80. The molecule has 0 aromatic carbocycles. The van der Waals surface area contributed by atoms with E-state index in [1.54, 1.807) is 0 Å². The Hall–Kier alpha value is -0.300. The minimum absolute atomic E-state index is 1.15. The van der Waals surface area contributed by atoms with Gasteiger partial charge in [0.1, 0.15) is 0 Å². The Morgan fingerprint density at radius 2 is 2.30 bits per heavy atom. The maximum absolute atomic E-state index is 3.44. The van der Waals surface area contributed by atoms with Crippen molar-refractivity contribution in [2.75, 3.05) is 0 Å². The number of hydrogen-bond acceptors (Lipinski definition) is 0. The normalized spacial score (nSPS) is 19.0. The summed E-state index contributed by atoms with van der Waals surface area (Å²) in [7, 11) is 0. The summed E-state index contributed by atoms with van der Waals surface area (Å²) in [4.78, 5) is 0. The van der Waals surface area contributed by atoms with Crippen LogP contribution in [-0.4, -0.2) is 0 Å². The number of hydrogen-bond donors (Lipinski definition) is 0. The molecule has 0 spiro atoms. The molecule has 0 radical (unpaired) electrons. The highest BCUT2D eigenvalue weighted by molar-refractivity contribution is 9.11. The smallest absolute Gasteiger partial charge is 0.0135 e. The summed E-state index contributed by atoms with van der Waals surface area (Å²) in [6, 6.07) is 0. The van der Waals surface area contributed by atoms with E-state index in [-0.39, 0.29) is 0 Å². The molecule has 0 aromatic rings. The molecule has 0 heterocycles. The molecule has 0 atom stereocenters. The summed E-state index contributed by atoms with van der Waals surface area (Å²) >= 11 is 3.44. The van der Waals surface area contributed by atoms with Crippen LogP contribution in [0, 0.1) is 0 Å². The molecular formula is C9H11Br. The van der Waals surface area contributed by atoms with Gasteiger partial charge in [-0.3, -0.25) is 0 Å². The van der Waals surface area contributed by atoms with Gasteiger partial charge in [-0.05, 0) is 25.8 Å². The average molecular weight is 199 g/mol. The van der Waals surface area contributed by atoms with Gasteiger partial charge in [0.25, 0.3) is 0 Å². The van der Waals surface area contributed by atoms with E-state index in [0.29, 0.717) is 0 Å². The lowest BCUT2D eigenvalue weighted by Crippen LogP contribution is -1.78. The van der Waals surface area contributed by atoms with Gasteiger partial charge in [0.15, 0.2) is 0 Å². The highest BCUT2D eigenvalue weighted by Crippen LogP contribution is 2.14. The fourth-order valence-electron chi connectivity index (χ4n) is 0.893. The van der Waals surface area contributed by atoms with Crippen molar-refractivity contribution in [1.29, 1.82) is 0 Å². The van der Waals surface area contributed by atoms with Crippen molar-refractivity contribution >= 4 is 15.9 Å². The molecule has 0 saturated carbocycles. The van der Waals surface area contributed by atoms with Crippen LogP contribution in [0.1, 0.15) is 19.8 Å². The van der Waals surface area contributed by atoms with E-state index >= 15 is 0 Å². The second-order valence-electron chi connectivity index (χ2n) is 2.50. The van der Waals surface area contributed by atoms with Gasteiger partial charge in [-0.25, -0.2) is 0 Å². The third-order valence-corrected chi connectivity index (χ3v) is 2.10. The Kier molecular flexibility index (Phi) is 2.94. The second kappa shape index (κ2) is 3.77. The van der Waals surface area contributed by atoms with Crippen LogP contribution in [0.4, 0.5) is 0 Å². The van der Waals surface area contributed by atoms with E-state index in [1.807, 2.05) is 0 Å². The molecule has 10 heavy (non-hydrogen) atoms. The fraction of sp³-hybridized carbons (Fsp3) is 0.333. The Morgan fingerprint density at radius 1 is 1.50 bits per heavy atom. The highest BCUT2D eigenvalue weighted by atomic mass is 79.9. The van der Waals surface area contributed by atoms with E-state index in [4.69, 9.17) is 0 Å². The molecular weight excluding hydrogens is 188 g/mol. The van der Waals surface area contributed by atoms with Crippen LogP contribution in [0.25, 0.3) is 0 Å². The van der Waals surface area contributed by atoms with E-state index in [2.05, 4.69) is 47.2 Å². The number of halogens is 1. The Balaban J connectivity index is 2.70. The zero-order chi connectivity index (χ0) is 7.40. The summed E-state index contributed by atoms with van der Waals surface area (Å²) in [5.74, 6) is 0. The maximum Gasteiger partial charge on any atom is 0.0135 e. The van der Waals surface area contributed by atoms with Gasteiger partial charge >= 0.3 is 0 Å². The van der Waals surface area contributed by atoms with Crippen molar-refractivity contribution in [3.63, 3.8) is 0 Å². The summed E-state index contributed by atoms with van der Waals surface area (Å²) < 4.78 is 1.19. The molecule has 1 aliphatic rings. The van der Waals surface area contributed by atoms with Crippen molar-refractivity contribution in [3.05, 3.63) is 34.4 Å². The van der Waals surface area contributed by atoms with Gasteiger partial charge in [-0.2, -0.15) is 0 Å². The third-order valence-electron chi connectivity index (χ3n) is 1.51. The molecule has 1 rings (SSSR count). The van der Waals surface area contributed by atoms with Gasteiger partial charge in [-0.15, -0.1) is 0 Å². The van der Waals surface area contributed by atoms with E-state index in [0.717, 1.165) is 6.42 Å². The van der Waals surface area contributed by atoms with Crippen LogP contribution < -0.4 is 0 Å². The molecule has 0 N–H and O–H groups in total. The Morgan fingerprint density at radius 3 is 3.10 bits per heavy atom. The van der Waals surface area contributed by atoms with Crippen molar-refractivity contribution in [1.82, 2.24) is 0 Å². The zero-order valence-electron chi connectivity index (χ0n) is 6.10. The average Bonchev–Trinajstić information content (AvgIpc) is 1.84. The summed E-state index contributed by atoms with van der Waals surface area (Å²) in [5, 5.41) is 0. The molecule has 0 saturated heterocycles. The summed E-state index contributed by atoms with van der Waals surface area (Å²) in [6.07, 6.45) is 10.8. The van der Waals surface area contributed by atoms with Gasteiger partial charge in [0, 0.05) is 4.48 Å². The summed E-state index contributed by atoms with van der Waals surface area (Å²) in [6.45, 7) is 2.16. The molecule has 1 aliphatic carbocycles. The standard InChI is InChI=1S/C9H11Br/c1-8-4-2-6-9(10)7-3-5-8/h2,4,6-7H,3,5H2,1H3. The van der Waals surface area contributed by atoms with Gasteiger partial charge in [-0.1, -0.05) is 39.7 Å². The lowest BCUT2D eigenvalue weighted by molar-refractivity contribution is 0.974. The molecule has 0 unspecified atom stereocenters. The van der Waals surface area contributed by atoms with Crippen LogP contribution in [0.3, 0.4) is 0 Å². The van der Waals surface area contributed by atoms with Crippen LogP contribution in [-0.2, 0) is 0 Å². The molecule has 0 fully saturated rings. The predicted molar refractivity (Wildman–Crippen MR) is 49.1 cm³/mol. The predicted octanol–water partition coefficient (Wildman–Crippen LogP) is 3.56. The first-order valence-electron chi connectivity index (χ1n) is 3.48. The lowest BCUT2D eigenvalue weighted by Gasteiger charge is -1.99. The maximum atomic E-state index is 3.44. The molecule has 0 bridgehead atoms. The molecule has 54 valence electrons. The van der Waals surface area contributed by atoms with Gasteiger partial charge in [0.2, 0.25) is 0 Å². The largest absolute Gasteiger partial charge is 0.0730 e. The van der Waals surface area contributed by atoms with Crippen molar-refractivity contribution in [2.45, 2.75) is 19.8 Å². The Labute approximate surface area is 70.5 Å². The van der Waals surface area contributed by atoms with Crippen LogP contribution >= 0.6 is 15.9 Å². The van der Waals surface area contributed by atoms with Crippen molar-refractivity contribution in [3.8, 4) is 0 Å². The van der Waals surface area contributed by atoms with E-state index in [9.17, 15) is 0 Å². The minimum Gasteiger partial charge on any atom is -0.0730 e. The monoisotopic (exact) mass is 198 g/mol. The quantitative estimate of drug-likeness (QED) is 0.559. The minimum atomic E-state index is 1.15. The lowest BCUT2D eigenvalue weighted by atomic mass is 10.1. The molecule has 0 aliphatic heterocycles. The van der Waals surface area contributed by atoms with Crippen molar-refractivity contribution in [2.24, 2.45) is 0 Å². The van der Waals surface area contributed by atoms with Gasteiger partial charge < -0.3 is 0 Å². The van der Waals surface area contributed by atoms with Crippen LogP contribution in [0.5, 0.6) is 0 Å². The van der Waals surface area contributed by atoms with Crippen LogP contribution in [0.15, 0.2) is 34.4 Å². The Bertz CT molecular complexity index is 197. The number of rotatable bonds is 0. The fourth-order valence-corrected chi connectivity index (χ4v) is 1.27. The van der Waals surface area contributed by atoms with E-state index < -0.39 is 0 Å². The van der Waals surface area contributed by atoms with Gasteiger partial charge in [0.05, 0.1) is 0 Å². The third kappa shape index (κ3) is 2.53. The van der Waals surface area contributed by atoms with Crippen LogP contribution in [0.2, 0.25) is 0 Å². The molecule has 1 heteroatoms. The zero-order valence-corrected chi connectivity index (χ0v) is 7.69. The molecule has 0 nitrogen and oxygen atoms in total. The van der Waals surface area contributed by atoms with Crippen molar-refractivity contribution < 1.29 is 0 Å². The number of allylic oxidation sites excluding steroid dienone is 6. The molecule has 0 amide bonds. The molecule has 0 aromatic heterocycles. The first-order chi connectivity index (χ1) is 4.79. The highest BCUT2D eigenvalue weighted by Gasteiger charge is 1.91.